The number of carbonyl (C=O) groups is 1. The first-order chi connectivity index (χ1) is 5.58. The van der Waals surface area contributed by atoms with Gasteiger partial charge in [0.05, 0.1) is 0 Å². The molecular formula is C9H8BrClO. The van der Waals surface area contributed by atoms with Crippen molar-refractivity contribution in [2.45, 2.75) is 13.3 Å². The molecule has 1 rings (SSSR count). The lowest BCUT2D eigenvalue weighted by Crippen LogP contribution is -1.95. The van der Waals surface area contributed by atoms with E-state index in [1.807, 2.05) is 6.07 Å². The zero-order valence-electron chi connectivity index (χ0n) is 6.60. The van der Waals surface area contributed by atoms with Crippen LogP contribution in [0.2, 0.25) is 5.02 Å². The highest BCUT2D eigenvalue weighted by molar-refractivity contribution is 9.10. The van der Waals surface area contributed by atoms with Crippen molar-refractivity contribution >= 4 is 33.3 Å². The highest BCUT2D eigenvalue weighted by Crippen LogP contribution is 2.19. The number of benzene rings is 1. The molecule has 12 heavy (non-hydrogen) atoms. The van der Waals surface area contributed by atoms with Gasteiger partial charge in [-0.3, -0.25) is 4.79 Å². The molecule has 0 N–H and O–H groups in total. The maximum atomic E-state index is 10.8. The van der Waals surface area contributed by atoms with E-state index >= 15 is 0 Å². The number of Topliss-reactive ketones (excluding diaryl/α,β-unsaturated/α-hetero) is 1. The minimum atomic E-state index is 0.143. The first-order valence-electron chi connectivity index (χ1n) is 3.52. The van der Waals surface area contributed by atoms with Gasteiger partial charge in [-0.1, -0.05) is 27.5 Å². The third kappa shape index (κ3) is 2.95. The van der Waals surface area contributed by atoms with Crippen molar-refractivity contribution in [2.75, 3.05) is 0 Å². The molecule has 0 aliphatic rings. The van der Waals surface area contributed by atoms with Crippen molar-refractivity contribution in [3.8, 4) is 0 Å². The molecule has 0 fully saturated rings. The highest BCUT2D eigenvalue weighted by Gasteiger charge is 2.00. The molecule has 0 saturated heterocycles. The Hall–Kier alpha value is -0.340. The zero-order chi connectivity index (χ0) is 9.14. The third-order valence-electron chi connectivity index (χ3n) is 1.38. The molecule has 0 aliphatic heterocycles. The summed E-state index contributed by atoms with van der Waals surface area (Å²) in [5.41, 5.74) is 0.946. The maximum Gasteiger partial charge on any atom is 0.134 e. The Labute approximate surface area is 84.9 Å². The topological polar surface area (TPSA) is 17.1 Å². The lowest BCUT2D eigenvalue weighted by molar-refractivity contribution is -0.116. The molecule has 0 radical (unpaired) electrons. The molecule has 1 aromatic rings. The van der Waals surface area contributed by atoms with Gasteiger partial charge in [-0.05, 0) is 30.7 Å². The van der Waals surface area contributed by atoms with E-state index < -0.39 is 0 Å². The van der Waals surface area contributed by atoms with Crippen LogP contribution in [-0.2, 0) is 11.2 Å². The quantitative estimate of drug-likeness (QED) is 0.784. The summed E-state index contributed by atoms with van der Waals surface area (Å²) in [4.78, 5) is 10.8. The molecule has 0 aliphatic carbocycles. The monoisotopic (exact) mass is 246 g/mol. The number of carbonyl (C=O) groups excluding carboxylic acids is 1. The fourth-order valence-electron chi connectivity index (χ4n) is 1.00. The standard InChI is InChI=1S/C9H8BrClO/c1-6(12)2-7-3-8(10)5-9(11)4-7/h3-5H,2H2,1H3. The predicted octanol–water partition coefficient (Wildman–Crippen LogP) is 3.23. The minimum Gasteiger partial charge on any atom is -0.300 e. The van der Waals surface area contributed by atoms with Crippen LogP contribution < -0.4 is 0 Å². The normalized spacial score (nSPS) is 9.92. The van der Waals surface area contributed by atoms with E-state index in [0.717, 1.165) is 10.0 Å². The maximum absolute atomic E-state index is 10.8. The molecule has 0 spiro atoms. The van der Waals surface area contributed by atoms with E-state index in [9.17, 15) is 4.79 Å². The van der Waals surface area contributed by atoms with Crippen LogP contribution in [0, 0.1) is 0 Å². The molecule has 1 nitrogen and oxygen atoms in total. The van der Waals surface area contributed by atoms with Crippen LogP contribution in [0.5, 0.6) is 0 Å². The molecule has 0 aromatic heterocycles. The molecule has 3 heteroatoms. The second-order valence-corrected chi connectivity index (χ2v) is 4.01. The molecule has 64 valence electrons. The van der Waals surface area contributed by atoms with Crippen molar-refractivity contribution < 1.29 is 4.79 Å². The van der Waals surface area contributed by atoms with E-state index in [0.29, 0.717) is 11.4 Å². The summed E-state index contributed by atoms with van der Waals surface area (Å²) in [5.74, 6) is 0.143. The number of ketones is 1. The van der Waals surface area contributed by atoms with Crippen molar-refractivity contribution in [3.63, 3.8) is 0 Å². The zero-order valence-corrected chi connectivity index (χ0v) is 8.95. The lowest BCUT2D eigenvalue weighted by Gasteiger charge is -1.99. The van der Waals surface area contributed by atoms with Gasteiger partial charge in [-0.2, -0.15) is 0 Å². The van der Waals surface area contributed by atoms with Gasteiger partial charge in [-0.15, -0.1) is 0 Å². The predicted molar refractivity (Wildman–Crippen MR) is 53.5 cm³/mol. The summed E-state index contributed by atoms with van der Waals surface area (Å²) in [5, 5.41) is 0.653. The lowest BCUT2D eigenvalue weighted by atomic mass is 10.1. The van der Waals surface area contributed by atoms with Gasteiger partial charge in [0.25, 0.3) is 0 Å². The molecular weight excluding hydrogens is 239 g/mol. The van der Waals surface area contributed by atoms with Crippen molar-refractivity contribution in [1.29, 1.82) is 0 Å². The summed E-state index contributed by atoms with van der Waals surface area (Å²) >= 11 is 9.10. The Morgan fingerprint density at radius 3 is 2.67 bits per heavy atom. The molecule has 0 saturated carbocycles. The van der Waals surface area contributed by atoms with E-state index in [-0.39, 0.29) is 5.78 Å². The van der Waals surface area contributed by atoms with Crippen LogP contribution in [0.25, 0.3) is 0 Å². The first kappa shape index (κ1) is 9.75. The average Bonchev–Trinajstić information content (AvgIpc) is 1.81. The largest absolute Gasteiger partial charge is 0.300 e. The summed E-state index contributed by atoms with van der Waals surface area (Å²) in [7, 11) is 0. The van der Waals surface area contributed by atoms with E-state index in [1.165, 1.54) is 0 Å². The summed E-state index contributed by atoms with van der Waals surface area (Å²) in [6.45, 7) is 1.56. The fourth-order valence-corrected chi connectivity index (χ4v) is 1.93. The molecule has 0 bridgehead atoms. The van der Waals surface area contributed by atoms with E-state index in [2.05, 4.69) is 15.9 Å². The number of hydrogen-bond acceptors (Lipinski definition) is 1. The van der Waals surface area contributed by atoms with Gasteiger partial charge in [0.1, 0.15) is 5.78 Å². The van der Waals surface area contributed by atoms with Gasteiger partial charge in [0, 0.05) is 15.9 Å². The Kier molecular flexibility index (Phi) is 3.29. The minimum absolute atomic E-state index is 0.143. The van der Waals surface area contributed by atoms with E-state index in [1.54, 1.807) is 19.1 Å². The van der Waals surface area contributed by atoms with Crippen LogP contribution in [-0.4, -0.2) is 5.78 Å². The Bertz CT molecular complexity index is 289. The molecule has 0 heterocycles. The molecule has 1 aromatic carbocycles. The van der Waals surface area contributed by atoms with Crippen LogP contribution in [0.4, 0.5) is 0 Å². The van der Waals surface area contributed by atoms with Gasteiger partial charge in [0.2, 0.25) is 0 Å². The molecule has 0 atom stereocenters. The van der Waals surface area contributed by atoms with Crippen molar-refractivity contribution in [3.05, 3.63) is 33.3 Å². The summed E-state index contributed by atoms with van der Waals surface area (Å²) in [6.07, 6.45) is 0.444. The highest BCUT2D eigenvalue weighted by atomic mass is 79.9. The average molecular weight is 248 g/mol. The third-order valence-corrected chi connectivity index (χ3v) is 2.05. The number of hydrogen-bond donors (Lipinski definition) is 0. The summed E-state index contributed by atoms with van der Waals surface area (Å²) in [6, 6.07) is 5.49. The van der Waals surface area contributed by atoms with Crippen LogP contribution in [0.15, 0.2) is 22.7 Å². The number of rotatable bonds is 2. The smallest absolute Gasteiger partial charge is 0.134 e. The fraction of sp³-hybridized carbons (Fsp3) is 0.222. The Morgan fingerprint density at radius 1 is 1.50 bits per heavy atom. The van der Waals surface area contributed by atoms with Crippen LogP contribution >= 0.6 is 27.5 Å². The SMILES string of the molecule is CC(=O)Cc1cc(Cl)cc(Br)c1. The van der Waals surface area contributed by atoms with Gasteiger partial charge in [0.15, 0.2) is 0 Å². The molecule has 0 unspecified atom stereocenters. The first-order valence-corrected chi connectivity index (χ1v) is 4.69. The number of halogens is 2. The van der Waals surface area contributed by atoms with E-state index in [4.69, 9.17) is 11.6 Å². The second-order valence-electron chi connectivity index (χ2n) is 2.66. The van der Waals surface area contributed by atoms with Crippen molar-refractivity contribution in [1.82, 2.24) is 0 Å². The Morgan fingerprint density at radius 2 is 2.17 bits per heavy atom. The second kappa shape index (κ2) is 4.06. The van der Waals surface area contributed by atoms with Gasteiger partial charge < -0.3 is 0 Å². The van der Waals surface area contributed by atoms with Crippen molar-refractivity contribution in [2.24, 2.45) is 0 Å². The van der Waals surface area contributed by atoms with Gasteiger partial charge in [-0.25, -0.2) is 0 Å². The van der Waals surface area contributed by atoms with Crippen LogP contribution in [0.3, 0.4) is 0 Å². The Balaban J connectivity index is 2.93. The van der Waals surface area contributed by atoms with Gasteiger partial charge >= 0.3 is 0 Å². The molecule has 0 amide bonds. The summed E-state index contributed by atoms with van der Waals surface area (Å²) < 4.78 is 0.909. The van der Waals surface area contributed by atoms with Crippen LogP contribution in [0.1, 0.15) is 12.5 Å².